The number of Topliss-reactive ketones (excluding diaryl/α,β-unsaturated/α-hetero) is 1. The van der Waals surface area contributed by atoms with Crippen molar-refractivity contribution >= 4 is 5.78 Å². The first-order valence-corrected chi connectivity index (χ1v) is 5.47. The van der Waals surface area contributed by atoms with Crippen LogP contribution in [0.3, 0.4) is 0 Å². The molecule has 1 unspecified atom stereocenters. The number of carbonyl (C=O) groups excluding carboxylic acids is 1. The first-order chi connectivity index (χ1) is 7.79. The summed E-state index contributed by atoms with van der Waals surface area (Å²) in [6.45, 7) is 0. The summed E-state index contributed by atoms with van der Waals surface area (Å²) in [6, 6.07) is 9.22. The molecule has 1 saturated carbocycles. The van der Waals surface area contributed by atoms with Gasteiger partial charge in [-0.1, -0.05) is 12.1 Å². The van der Waals surface area contributed by atoms with E-state index in [1.54, 1.807) is 18.2 Å². The van der Waals surface area contributed by atoms with Crippen LogP contribution in [-0.4, -0.2) is 11.9 Å². The number of nitriles is 1. The highest BCUT2D eigenvalue weighted by molar-refractivity contribution is 5.79. The first-order valence-electron chi connectivity index (χ1n) is 5.47. The summed E-state index contributed by atoms with van der Waals surface area (Å²) in [5.41, 5.74) is 0.528. The van der Waals surface area contributed by atoms with Crippen molar-refractivity contribution in [3.8, 4) is 11.8 Å². The zero-order valence-electron chi connectivity index (χ0n) is 8.98. The predicted octanol–water partition coefficient (Wildman–Crippen LogP) is 2.45. The second-order valence-corrected chi connectivity index (χ2v) is 3.98. The van der Waals surface area contributed by atoms with Crippen LogP contribution in [0.4, 0.5) is 0 Å². The van der Waals surface area contributed by atoms with Gasteiger partial charge in [0.15, 0.2) is 0 Å². The molecule has 0 radical (unpaired) electrons. The van der Waals surface area contributed by atoms with Crippen molar-refractivity contribution in [2.45, 2.75) is 31.8 Å². The van der Waals surface area contributed by atoms with E-state index in [1.807, 2.05) is 6.07 Å². The maximum Gasteiger partial charge on any atom is 0.137 e. The van der Waals surface area contributed by atoms with Crippen LogP contribution in [0.1, 0.15) is 31.2 Å². The lowest BCUT2D eigenvalue weighted by molar-refractivity contribution is -0.122. The highest BCUT2D eigenvalue weighted by Crippen LogP contribution is 2.24. The zero-order valence-corrected chi connectivity index (χ0v) is 8.98. The van der Waals surface area contributed by atoms with Crippen molar-refractivity contribution in [1.82, 2.24) is 0 Å². The minimum atomic E-state index is -0.0595. The highest BCUT2D eigenvalue weighted by Gasteiger charge is 2.21. The number of carbonyl (C=O) groups is 1. The summed E-state index contributed by atoms with van der Waals surface area (Å²) in [6.07, 6.45) is 2.86. The lowest BCUT2D eigenvalue weighted by atomic mass is 9.96. The van der Waals surface area contributed by atoms with Crippen molar-refractivity contribution in [2.75, 3.05) is 0 Å². The largest absolute Gasteiger partial charge is 0.489 e. The normalized spacial score (nSPS) is 20.2. The summed E-state index contributed by atoms with van der Waals surface area (Å²) in [4.78, 5) is 11.3. The number of rotatable bonds is 2. The molecular formula is C13H13NO2. The molecule has 1 aromatic carbocycles. The molecule has 0 saturated heterocycles. The molecule has 0 heterocycles. The van der Waals surface area contributed by atoms with E-state index < -0.39 is 0 Å². The van der Waals surface area contributed by atoms with Gasteiger partial charge in [-0.25, -0.2) is 0 Å². The second-order valence-electron chi connectivity index (χ2n) is 3.98. The van der Waals surface area contributed by atoms with E-state index in [4.69, 9.17) is 10.00 Å². The Hall–Kier alpha value is -1.82. The predicted molar refractivity (Wildman–Crippen MR) is 59.0 cm³/mol. The quantitative estimate of drug-likeness (QED) is 0.761. The van der Waals surface area contributed by atoms with Crippen molar-refractivity contribution in [2.24, 2.45) is 0 Å². The van der Waals surface area contributed by atoms with Crippen LogP contribution in [0.25, 0.3) is 0 Å². The Kier molecular flexibility index (Phi) is 3.21. The number of ketones is 1. The van der Waals surface area contributed by atoms with Gasteiger partial charge >= 0.3 is 0 Å². The SMILES string of the molecule is N#Cc1ccccc1OC1CCCC(=O)C1. The third-order valence-corrected chi connectivity index (χ3v) is 2.74. The zero-order chi connectivity index (χ0) is 11.4. The van der Waals surface area contributed by atoms with Crippen LogP contribution in [-0.2, 0) is 4.79 Å². The molecule has 1 aliphatic rings. The number of hydrogen-bond donors (Lipinski definition) is 0. The van der Waals surface area contributed by atoms with E-state index in [1.165, 1.54) is 0 Å². The molecule has 3 heteroatoms. The third kappa shape index (κ3) is 2.40. The van der Waals surface area contributed by atoms with E-state index in [9.17, 15) is 4.79 Å². The number of para-hydroxylation sites is 1. The fraction of sp³-hybridized carbons (Fsp3) is 0.385. The molecular weight excluding hydrogens is 202 g/mol. The van der Waals surface area contributed by atoms with E-state index in [-0.39, 0.29) is 11.9 Å². The minimum absolute atomic E-state index is 0.0595. The molecule has 0 spiro atoms. The Bertz CT molecular complexity index is 434. The number of ether oxygens (including phenoxy) is 1. The summed E-state index contributed by atoms with van der Waals surface area (Å²) < 4.78 is 5.70. The van der Waals surface area contributed by atoms with Crippen molar-refractivity contribution in [3.05, 3.63) is 29.8 Å². The van der Waals surface area contributed by atoms with Gasteiger partial charge in [0.25, 0.3) is 0 Å². The van der Waals surface area contributed by atoms with Gasteiger partial charge < -0.3 is 4.74 Å². The second kappa shape index (κ2) is 4.80. The molecule has 0 amide bonds. The van der Waals surface area contributed by atoms with Gasteiger partial charge in [0.1, 0.15) is 23.7 Å². The molecule has 0 aliphatic heterocycles. The van der Waals surface area contributed by atoms with Gasteiger partial charge in [-0.2, -0.15) is 5.26 Å². The number of nitrogens with zero attached hydrogens (tertiary/aromatic N) is 1. The van der Waals surface area contributed by atoms with Gasteiger partial charge in [0.05, 0.1) is 5.56 Å². The monoisotopic (exact) mass is 215 g/mol. The minimum Gasteiger partial charge on any atom is -0.489 e. The van der Waals surface area contributed by atoms with Crippen LogP contribution in [0.2, 0.25) is 0 Å². The van der Waals surface area contributed by atoms with E-state index in [0.717, 1.165) is 12.8 Å². The first kappa shape index (κ1) is 10.7. The molecule has 1 fully saturated rings. The Morgan fingerprint density at radius 1 is 1.38 bits per heavy atom. The van der Waals surface area contributed by atoms with Gasteiger partial charge in [0.2, 0.25) is 0 Å². The molecule has 3 nitrogen and oxygen atoms in total. The average molecular weight is 215 g/mol. The van der Waals surface area contributed by atoms with Gasteiger partial charge in [0, 0.05) is 12.8 Å². The Morgan fingerprint density at radius 3 is 2.94 bits per heavy atom. The fourth-order valence-corrected chi connectivity index (χ4v) is 1.93. The maximum absolute atomic E-state index is 11.3. The molecule has 1 atom stereocenters. The van der Waals surface area contributed by atoms with E-state index in [2.05, 4.69) is 6.07 Å². The molecule has 0 aromatic heterocycles. The van der Waals surface area contributed by atoms with E-state index in [0.29, 0.717) is 24.2 Å². The summed E-state index contributed by atoms with van der Waals surface area (Å²) in [7, 11) is 0. The standard InChI is InChI=1S/C13H13NO2/c14-9-10-4-1-2-7-13(10)16-12-6-3-5-11(15)8-12/h1-2,4,7,12H,3,5-6,8H2. The maximum atomic E-state index is 11.3. The topological polar surface area (TPSA) is 50.1 Å². The Morgan fingerprint density at radius 2 is 2.19 bits per heavy atom. The molecule has 0 bridgehead atoms. The molecule has 82 valence electrons. The molecule has 1 aromatic rings. The number of hydrogen-bond acceptors (Lipinski definition) is 3. The van der Waals surface area contributed by atoms with Crippen LogP contribution >= 0.6 is 0 Å². The molecule has 16 heavy (non-hydrogen) atoms. The Labute approximate surface area is 94.6 Å². The summed E-state index contributed by atoms with van der Waals surface area (Å²) in [5.74, 6) is 0.843. The van der Waals surface area contributed by atoms with Crippen LogP contribution < -0.4 is 4.74 Å². The third-order valence-electron chi connectivity index (χ3n) is 2.74. The van der Waals surface area contributed by atoms with Crippen LogP contribution in [0, 0.1) is 11.3 Å². The smallest absolute Gasteiger partial charge is 0.137 e. The lowest BCUT2D eigenvalue weighted by Gasteiger charge is -2.22. The molecule has 0 N–H and O–H groups in total. The van der Waals surface area contributed by atoms with E-state index >= 15 is 0 Å². The van der Waals surface area contributed by atoms with Crippen molar-refractivity contribution < 1.29 is 9.53 Å². The van der Waals surface area contributed by atoms with Crippen molar-refractivity contribution in [1.29, 1.82) is 5.26 Å². The lowest BCUT2D eigenvalue weighted by Crippen LogP contribution is -2.25. The summed E-state index contributed by atoms with van der Waals surface area (Å²) in [5, 5.41) is 8.90. The van der Waals surface area contributed by atoms with Gasteiger partial charge in [-0.3, -0.25) is 4.79 Å². The van der Waals surface area contributed by atoms with Crippen molar-refractivity contribution in [3.63, 3.8) is 0 Å². The number of benzene rings is 1. The van der Waals surface area contributed by atoms with Gasteiger partial charge in [-0.15, -0.1) is 0 Å². The Balaban J connectivity index is 2.09. The van der Waals surface area contributed by atoms with Crippen LogP contribution in [0.15, 0.2) is 24.3 Å². The average Bonchev–Trinajstić information content (AvgIpc) is 2.30. The molecule has 2 rings (SSSR count). The summed E-state index contributed by atoms with van der Waals surface area (Å²) >= 11 is 0. The fourth-order valence-electron chi connectivity index (χ4n) is 1.93. The van der Waals surface area contributed by atoms with Gasteiger partial charge in [-0.05, 0) is 25.0 Å². The van der Waals surface area contributed by atoms with Crippen LogP contribution in [0.5, 0.6) is 5.75 Å². The highest BCUT2D eigenvalue weighted by atomic mass is 16.5. The molecule has 1 aliphatic carbocycles.